The number of nitrogens with one attached hydrogen (secondary N) is 1. The minimum Gasteiger partial charge on any atom is -0.423 e. The summed E-state index contributed by atoms with van der Waals surface area (Å²) >= 11 is 14.3. The molecule has 0 radical (unpaired) electrons. The summed E-state index contributed by atoms with van der Waals surface area (Å²) in [6.45, 7) is 1.81. The highest BCUT2D eigenvalue weighted by Crippen LogP contribution is 2.30. The number of hydrogen-bond donors (Lipinski definition) is 1. The molecule has 2 amide bonds. The van der Waals surface area contributed by atoms with E-state index < -0.39 is 17.8 Å². The number of halogens is 3. The number of anilines is 2. The summed E-state index contributed by atoms with van der Waals surface area (Å²) in [5, 5.41) is 3.25. The highest BCUT2D eigenvalue weighted by molar-refractivity contribution is 14.1. The van der Waals surface area contributed by atoms with Crippen LogP contribution in [-0.2, 0) is 9.59 Å². The van der Waals surface area contributed by atoms with Crippen molar-refractivity contribution in [3.05, 3.63) is 97.2 Å². The Bertz CT molecular complexity index is 1310. The van der Waals surface area contributed by atoms with Crippen molar-refractivity contribution >= 4 is 75.0 Å². The zero-order valence-electron chi connectivity index (χ0n) is 17.1. The van der Waals surface area contributed by atoms with Gasteiger partial charge in [-0.3, -0.25) is 9.59 Å². The quantitative estimate of drug-likeness (QED) is 0.173. The van der Waals surface area contributed by atoms with Gasteiger partial charge in [0.15, 0.2) is 0 Å². The Morgan fingerprint density at radius 3 is 2.24 bits per heavy atom. The van der Waals surface area contributed by atoms with E-state index in [1.54, 1.807) is 66.7 Å². The predicted octanol–water partition coefficient (Wildman–Crippen LogP) is 5.91. The minimum atomic E-state index is -0.608. The molecule has 0 saturated heterocycles. The molecule has 0 aliphatic carbocycles. The lowest BCUT2D eigenvalue weighted by Gasteiger charge is -2.15. The largest absolute Gasteiger partial charge is 0.423 e. The van der Waals surface area contributed by atoms with Gasteiger partial charge in [-0.25, -0.2) is 9.69 Å². The first-order valence-corrected chi connectivity index (χ1v) is 11.5. The van der Waals surface area contributed by atoms with Crippen molar-refractivity contribution in [2.24, 2.45) is 0 Å². The lowest BCUT2D eigenvalue weighted by atomic mass is 10.2. The smallest absolute Gasteiger partial charge is 0.343 e. The van der Waals surface area contributed by atoms with Gasteiger partial charge in [0, 0.05) is 14.3 Å². The predicted molar refractivity (Wildman–Crippen MR) is 136 cm³/mol. The second kappa shape index (κ2) is 9.54. The van der Waals surface area contributed by atoms with Crippen molar-refractivity contribution in [3.8, 4) is 5.75 Å². The van der Waals surface area contributed by atoms with Crippen LogP contribution in [0.1, 0.15) is 15.9 Å². The molecule has 0 atom stereocenters. The molecule has 3 aromatic rings. The summed E-state index contributed by atoms with van der Waals surface area (Å²) in [7, 11) is 0. The molecular formula is C24H15Cl2IN2O4. The lowest BCUT2D eigenvalue weighted by molar-refractivity contribution is -0.120. The second-order valence-corrected chi connectivity index (χ2v) is 9.14. The zero-order valence-corrected chi connectivity index (χ0v) is 20.7. The fourth-order valence-electron chi connectivity index (χ4n) is 3.12. The molecule has 4 rings (SSSR count). The van der Waals surface area contributed by atoms with Crippen molar-refractivity contribution in [2.45, 2.75) is 6.92 Å². The Morgan fingerprint density at radius 1 is 0.939 bits per heavy atom. The Morgan fingerprint density at radius 2 is 1.61 bits per heavy atom. The number of nitrogens with zero attached hydrogens (tertiary/aromatic N) is 1. The van der Waals surface area contributed by atoms with Gasteiger partial charge in [0.25, 0.3) is 11.8 Å². The number of rotatable bonds is 5. The van der Waals surface area contributed by atoms with E-state index in [-0.39, 0.29) is 10.7 Å². The monoisotopic (exact) mass is 592 g/mol. The van der Waals surface area contributed by atoms with E-state index in [4.69, 9.17) is 27.9 Å². The summed E-state index contributed by atoms with van der Waals surface area (Å²) in [6.07, 6.45) is 0. The summed E-state index contributed by atoms with van der Waals surface area (Å²) in [6, 6.07) is 18.1. The average molecular weight is 593 g/mol. The first-order valence-electron chi connectivity index (χ1n) is 9.64. The van der Waals surface area contributed by atoms with E-state index in [0.29, 0.717) is 27.7 Å². The van der Waals surface area contributed by atoms with Crippen molar-refractivity contribution in [3.63, 3.8) is 0 Å². The van der Waals surface area contributed by atoms with Crippen LogP contribution >= 0.6 is 45.8 Å². The Labute approximate surface area is 213 Å². The molecule has 1 N–H and O–H groups in total. The molecule has 0 unspecified atom stereocenters. The maximum absolute atomic E-state index is 12.9. The van der Waals surface area contributed by atoms with E-state index >= 15 is 0 Å². The molecule has 3 aromatic carbocycles. The van der Waals surface area contributed by atoms with Gasteiger partial charge < -0.3 is 10.1 Å². The average Bonchev–Trinajstić information content (AvgIpc) is 3.00. The first-order chi connectivity index (χ1) is 15.7. The number of carbonyl (C=O) groups excluding carboxylic acids is 3. The molecule has 1 aliphatic rings. The standard InChI is InChI=1S/C24H15Cl2IN2O4/c1-13-12-18(10-11-19(13)25)33-24(32)14-2-6-16(7-3-14)28-21-20(26)22(30)29(23(21)31)17-8-4-15(27)5-9-17/h2-12,28H,1H3. The van der Waals surface area contributed by atoms with E-state index in [0.717, 1.165) is 14.0 Å². The SMILES string of the molecule is Cc1cc(OC(=O)c2ccc(NC3=C(Cl)C(=O)N(c4ccc(I)cc4)C3=O)cc2)ccc1Cl. The van der Waals surface area contributed by atoms with Gasteiger partial charge in [0.05, 0.1) is 11.3 Å². The fraction of sp³-hybridized carbons (Fsp3) is 0.0417. The van der Waals surface area contributed by atoms with E-state index in [1.807, 2.05) is 6.92 Å². The van der Waals surface area contributed by atoms with Crippen LogP contribution in [0.15, 0.2) is 77.5 Å². The normalized spacial score (nSPS) is 13.5. The number of ether oxygens (including phenoxy) is 1. The van der Waals surface area contributed by atoms with Crippen LogP contribution in [0.3, 0.4) is 0 Å². The van der Waals surface area contributed by atoms with Crippen molar-refractivity contribution < 1.29 is 19.1 Å². The molecule has 166 valence electrons. The van der Waals surface area contributed by atoms with E-state index in [9.17, 15) is 14.4 Å². The Kier molecular flexibility index (Phi) is 6.73. The van der Waals surface area contributed by atoms with Crippen LogP contribution in [0.4, 0.5) is 11.4 Å². The van der Waals surface area contributed by atoms with Crippen LogP contribution in [0, 0.1) is 10.5 Å². The van der Waals surface area contributed by atoms with Crippen LogP contribution in [-0.4, -0.2) is 17.8 Å². The second-order valence-electron chi connectivity index (χ2n) is 7.11. The van der Waals surface area contributed by atoms with Gasteiger partial charge in [0.1, 0.15) is 16.5 Å². The van der Waals surface area contributed by atoms with Gasteiger partial charge in [-0.05, 0) is 102 Å². The first kappa shape index (κ1) is 23.3. The third kappa shape index (κ3) is 4.90. The number of hydrogen-bond acceptors (Lipinski definition) is 5. The van der Waals surface area contributed by atoms with Gasteiger partial charge in [0.2, 0.25) is 0 Å². The highest BCUT2D eigenvalue weighted by Gasteiger charge is 2.38. The number of imide groups is 1. The third-order valence-electron chi connectivity index (χ3n) is 4.84. The Balaban J connectivity index is 1.47. The fourth-order valence-corrected chi connectivity index (χ4v) is 3.81. The minimum absolute atomic E-state index is 0.0350. The maximum Gasteiger partial charge on any atom is 0.343 e. The van der Waals surface area contributed by atoms with E-state index in [1.165, 1.54) is 0 Å². The molecule has 33 heavy (non-hydrogen) atoms. The van der Waals surface area contributed by atoms with Gasteiger partial charge in [-0.2, -0.15) is 0 Å². The number of benzene rings is 3. The summed E-state index contributed by atoms with van der Waals surface area (Å²) in [5.41, 5.74) is 1.97. The molecular weight excluding hydrogens is 578 g/mol. The van der Waals surface area contributed by atoms with E-state index in [2.05, 4.69) is 27.9 Å². The molecule has 0 spiro atoms. The van der Waals surface area contributed by atoms with Gasteiger partial charge >= 0.3 is 5.97 Å². The van der Waals surface area contributed by atoms with Crippen LogP contribution in [0.5, 0.6) is 5.75 Å². The lowest BCUT2D eigenvalue weighted by Crippen LogP contribution is -2.32. The third-order valence-corrected chi connectivity index (χ3v) is 6.34. The van der Waals surface area contributed by atoms with Crippen LogP contribution < -0.4 is 15.0 Å². The molecule has 0 fully saturated rings. The molecule has 0 saturated carbocycles. The number of amides is 2. The number of carbonyl (C=O) groups is 3. The summed E-state index contributed by atoms with van der Waals surface area (Å²) < 4.78 is 6.34. The molecule has 0 bridgehead atoms. The van der Waals surface area contributed by atoms with Crippen molar-refractivity contribution in [1.82, 2.24) is 0 Å². The van der Waals surface area contributed by atoms with Crippen LogP contribution in [0.25, 0.3) is 0 Å². The van der Waals surface area contributed by atoms with Crippen molar-refractivity contribution in [2.75, 3.05) is 10.2 Å². The summed E-state index contributed by atoms with van der Waals surface area (Å²) in [5.74, 6) is -1.33. The maximum atomic E-state index is 12.9. The summed E-state index contributed by atoms with van der Waals surface area (Å²) in [4.78, 5) is 38.9. The number of esters is 1. The van der Waals surface area contributed by atoms with Crippen molar-refractivity contribution in [1.29, 1.82) is 0 Å². The molecule has 1 heterocycles. The van der Waals surface area contributed by atoms with Crippen LogP contribution in [0.2, 0.25) is 5.02 Å². The van der Waals surface area contributed by atoms with Gasteiger partial charge in [-0.15, -0.1) is 0 Å². The zero-order chi connectivity index (χ0) is 23.7. The molecule has 0 aromatic heterocycles. The topological polar surface area (TPSA) is 75.7 Å². The molecule has 6 nitrogen and oxygen atoms in total. The molecule has 1 aliphatic heterocycles. The molecule has 9 heteroatoms. The van der Waals surface area contributed by atoms with Gasteiger partial charge in [-0.1, -0.05) is 23.2 Å². The number of aryl methyl sites for hydroxylation is 1. The Hall–Kier alpha value is -2.88. The highest BCUT2D eigenvalue weighted by atomic mass is 127.